The van der Waals surface area contributed by atoms with Crippen LogP contribution in [0.3, 0.4) is 0 Å². The summed E-state index contributed by atoms with van der Waals surface area (Å²) in [5, 5.41) is 0. The third-order valence-electron chi connectivity index (χ3n) is 5.18. The summed E-state index contributed by atoms with van der Waals surface area (Å²) < 4.78 is 11.4. The zero-order chi connectivity index (χ0) is 15.1. The van der Waals surface area contributed by atoms with Crippen molar-refractivity contribution in [1.29, 1.82) is 0 Å². The molecule has 1 aromatic rings. The molecule has 116 valence electrons. The summed E-state index contributed by atoms with van der Waals surface area (Å²) in [6, 6.07) is 9.01. The van der Waals surface area contributed by atoms with E-state index in [1.54, 1.807) is 12.1 Å². The minimum Gasteiger partial charge on any atom is -0.458 e. The molecule has 0 saturated heterocycles. The Labute approximate surface area is 129 Å². The Morgan fingerprint density at radius 2 is 1.50 bits per heavy atom. The molecule has 4 atom stereocenters. The molecule has 0 amide bonds. The van der Waals surface area contributed by atoms with Crippen molar-refractivity contribution in [2.45, 2.75) is 44.3 Å². The Hall–Kier alpha value is -1.84. The van der Waals surface area contributed by atoms with Gasteiger partial charge >= 0.3 is 11.9 Å². The summed E-state index contributed by atoms with van der Waals surface area (Å²) in [7, 11) is 0. The zero-order valence-electron chi connectivity index (χ0n) is 12.4. The maximum atomic E-state index is 12.3. The lowest BCUT2D eigenvalue weighted by molar-refractivity contribution is -0.160. The summed E-state index contributed by atoms with van der Waals surface area (Å²) in [6.45, 7) is 0. The first-order valence-corrected chi connectivity index (χ1v) is 8.19. The number of benzene rings is 1. The largest absolute Gasteiger partial charge is 0.458 e. The fourth-order valence-electron chi connectivity index (χ4n) is 3.83. The third-order valence-corrected chi connectivity index (χ3v) is 5.18. The quantitative estimate of drug-likeness (QED) is 0.802. The standard InChI is InChI=1S/C18H20O4/c19-17(11-4-2-1-3-5-11)21-15-13-8-9-14(10-13)16(15)22-18(20)12-6-7-12/h1-5,12-16H,6-10H2/t13-,14+,15+,16-/m0/s1. The van der Waals surface area contributed by atoms with Crippen LogP contribution in [0.2, 0.25) is 0 Å². The number of esters is 2. The number of ether oxygens (including phenoxy) is 2. The summed E-state index contributed by atoms with van der Waals surface area (Å²) in [5.41, 5.74) is 0.553. The highest BCUT2D eigenvalue weighted by Gasteiger charge is 2.52. The van der Waals surface area contributed by atoms with E-state index in [0.29, 0.717) is 17.4 Å². The van der Waals surface area contributed by atoms with Gasteiger partial charge in [0.05, 0.1) is 11.5 Å². The molecular formula is C18H20O4. The summed E-state index contributed by atoms with van der Waals surface area (Å²) in [5.74, 6) is 0.379. The third kappa shape index (κ3) is 2.51. The van der Waals surface area contributed by atoms with Gasteiger partial charge in [-0.05, 0) is 44.2 Å². The van der Waals surface area contributed by atoms with Gasteiger partial charge in [0, 0.05) is 11.8 Å². The van der Waals surface area contributed by atoms with Crippen LogP contribution in [0.5, 0.6) is 0 Å². The minimum absolute atomic E-state index is 0.0876. The number of carbonyl (C=O) groups is 2. The van der Waals surface area contributed by atoms with Gasteiger partial charge in [-0.15, -0.1) is 0 Å². The van der Waals surface area contributed by atoms with E-state index in [2.05, 4.69) is 0 Å². The molecule has 0 aromatic heterocycles. The fraction of sp³-hybridized carbons (Fsp3) is 0.556. The van der Waals surface area contributed by atoms with Crippen LogP contribution < -0.4 is 0 Å². The van der Waals surface area contributed by atoms with Crippen LogP contribution in [0.4, 0.5) is 0 Å². The number of fused-ring (bicyclic) bond motifs is 2. The normalized spacial score (nSPS) is 32.7. The Kier molecular flexibility index (Phi) is 3.40. The average Bonchev–Trinajstić information content (AvgIpc) is 3.22. The van der Waals surface area contributed by atoms with Crippen molar-refractivity contribution in [2.24, 2.45) is 17.8 Å². The topological polar surface area (TPSA) is 52.6 Å². The lowest BCUT2D eigenvalue weighted by Crippen LogP contribution is -2.40. The predicted molar refractivity (Wildman–Crippen MR) is 79.1 cm³/mol. The van der Waals surface area contributed by atoms with Gasteiger partial charge < -0.3 is 9.47 Å². The molecule has 3 saturated carbocycles. The Morgan fingerprint density at radius 3 is 2.14 bits per heavy atom. The molecule has 0 N–H and O–H groups in total. The molecule has 0 unspecified atom stereocenters. The molecule has 0 radical (unpaired) electrons. The van der Waals surface area contributed by atoms with Gasteiger partial charge in [0.15, 0.2) is 0 Å². The van der Waals surface area contributed by atoms with Crippen LogP contribution in [-0.2, 0) is 14.3 Å². The second-order valence-corrected chi connectivity index (χ2v) is 6.74. The number of rotatable bonds is 4. The average molecular weight is 300 g/mol. The van der Waals surface area contributed by atoms with Crippen LogP contribution in [-0.4, -0.2) is 24.1 Å². The first-order chi connectivity index (χ1) is 10.7. The molecule has 4 heteroatoms. The molecule has 3 aliphatic rings. The lowest BCUT2D eigenvalue weighted by Gasteiger charge is -2.30. The van der Waals surface area contributed by atoms with Crippen LogP contribution in [0.15, 0.2) is 30.3 Å². The minimum atomic E-state index is -0.314. The first-order valence-electron chi connectivity index (χ1n) is 8.19. The highest BCUT2D eigenvalue weighted by atomic mass is 16.6. The predicted octanol–water partition coefficient (Wildman–Crippen LogP) is 2.96. The maximum absolute atomic E-state index is 12.3. The molecule has 0 spiro atoms. The summed E-state index contributed by atoms with van der Waals surface area (Å²) in [4.78, 5) is 24.3. The van der Waals surface area contributed by atoms with E-state index in [1.165, 1.54) is 0 Å². The van der Waals surface area contributed by atoms with E-state index in [4.69, 9.17) is 9.47 Å². The van der Waals surface area contributed by atoms with Gasteiger partial charge in [0.1, 0.15) is 12.2 Å². The molecular weight excluding hydrogens is 280 g/mol. The van der Waals surface area contributed by atoms with E-state index < -0.39 is 0 Å². The molecule has 4 rings (SSSR count). The van der Waals surface area contributed by atoms with Gasteiger partial charge in [-0.1, -0.05) is 18.2 Å². The van der Waals surface area contributed by atoms with Crippen molar-refractivity contribution in [3.8, 4) is 0 Å². The number of hydrogen-bond acceptors (Lipinski definition) is 4. The molecule has 2 bridgehead atoms. The van der Waals surface area contributed by atoms with Crippen LogP contribution in [0, 0.1) is 17.8 Å². The maximum Gasteiger partial charge on any atom is 0.338 e. The van der Waals surface area contributed by atoms with Gasteiger partial charge in [-0.2, -0.15) is 0 Å². The Balaban J connectivity index is 1.46. The zero-order valence-corrected chi connectivity index (χ0v) is 12.4. The van der Waals surface area contributed by atoms with Crippen LogP contribution in [0.1, 0.15) is 42.5 Å². The fourth-order valence-corrected chi connectivity index (χ4v) is 3.83. The molecule has 22 heavy (non-hydrogen) atoms. The molecule has 3 aliphatic carbocycles. The van der Waals surface area contributed by atoms with E-state index in [-0.39, 0.29) is 30.1 Å². The summed E-state index contributed by atoms with van der Waals surface area (Å²) >= 11 is 0. The number of carbonyl (C=O) groups excluding carboxylic acids is 2. The molecule has 0 heterocycles. The van der Waals surface area contributed by atoms with Crippen LogP contribution >= 0.6 is 0 Å². The van der Waals surface area contributed by atoms with Gasteiger partial charge in [-0.3, -0.25) is 4.79 Å². The lowest BCUT2D eigenvalue weighted by atomic mass is 9.94. The van der Waals surface area contributed by atoms with E-state index >= 15 is 0 Å². The highest BCUT2D eigenvalue weighted by Crippen LogP contribution is 2.48. The number of hydrogen-bond donors (Lipinski definition) is 0. The van der Waals surface area contributed by atoms with Crippen LogP contribution in [0.25, 0.3) is 0 Å². The van der Waals surface area contributed by atoms with Crippen molar-refractivity contribution in [3.05, 3.63) is 35.9 Å². The van der Waals surface area contributed by atoms with Gasteiger partial charge in [0.25, 0.3) is 0 Å². The SMILES string of the molecule is O=C(O[C@@H]1[C@H]2CC[C@H](C2)[C@@H]1OC(=O)C1CC1)c1ccccc1. The second-order valence-electron chi connectivity index (χ2n) is 6.74. The van der Waals surface area contributed by atoms with Crippen molar-refractivity contribution < 1.29 is 19.1 Å². The monoisotopic (exact) mass is 300 g/mol. The van der Waals surface area contributed by atoms with E-state index in [1.807, 2.05) is 18.2 Å². The van der Waals surface area contributed by atoms with Crippen molar-refractivity contribution in [2.75, 3.05) is 0 Å². The van der Waals surface area contributed by atoms with Crippen molar-refractivity contribution >= 4 is 11.9 Å². The van der Waals surface area contributed by atoms with E-state index in [9.17, 15) is 9.59 Å². The highest BCUT2D eigenvalue weighted by molar-refractivity contribution is 5.89. The second kappa shape index (κ2) is 5.41. The van der Waals surface area contributed by atoms with E-state index in [0.717, 1.165) is 32.1 Å². The van der Waals surface area contributed by atoms with Gasteiger partial charge in [-0.25, -0.2) is 4.79 Å². The molecule has 4 nitrogen and oxygen atoms in total. The Bertz CT molecular complexity index is 578. The van der Waals surface area contributed by atoms with Crippen molar-refractivity contribution in [3.63, 3.8) is 0 Å². The Morgan fingerprint density at radius 1 is 0.864 bits per heavy atom. The molecule has 0 aliphatic heterocycles. The van der Waals surface area contributed by atoms with Crippen molar-refractivity contribution in [1.82, 2.24) is 0 Å². The smallest absolute Gasteiger partial charge is 0.338 e. The summed E-state index contributed by atoms with van der Waals surface area (Å²) in [6.07, 6.45) is 4.52. The molecule has 3 fully saturated rings. The van der Waals surface area contributed by atoms with Gasteiger partial charge in [0.2, 0.25) is 0 Å². The first kappa shape index (κ1) is 13.8. The molecule has 1 aromatic carbocycles.